The summed E-state index contributed by atoms with van der Waals surface area (Å²) in [6.07, 6.45) is 6.89. The zero-order valence-corrected chi connectivity index (χ0v) is 13.8. The van der Waals surface area contributed by atoms with Crippen molar-refractivity contribution in [2.75, 3.05) is 12.0 Å². The molecular formula is C20H19NO3. The van der Waals surface area contributed by atoms with Crippen molar-refractivity contribution < 1.29 is 14.3 Å². The molecule has 0 fully saturated rings. The Balaban J connectivity index is 2.10. The van der Waals surface area contributed by atoms with E-state index in [1.807, 2.05) is 49.4 Å². The molecule has 4 nitrogen and oxygen atoms in total. The summed E-state index contributed by atoms with van der Waals surface area (Å²) >= 11 is 0. The summed E-state index contributed by atoms with van der Waals surface area (Å²) in [5.74, 6) is 4.03. The van der Waals surface area contributed by atoms with Crippen molar-refractivity contribution in [1.82, 2.24) is 0 Å². The number of terminal acetylenes is 1. The zero-order chi connectivity index (χ0) is 17.1. The first-order valence-corrected chi connectivity index (χ1v) is 7.88. The summed E-state index contributed by atoms with van der Waals surface area (Å²) in [5.41, 5.74) is 2.42. The van der Waals surface area contributed by atoms with Crippen LogP contribution in [0.1, 0.15) is 24.5 Å². The van der Waals surface area contributed by atoms with Crippen LogP contribution in [0.2, 0.25) is 0 Å². The Hall–Kier alpha value is -2.93. The first kappa shape index (κ1) is 15.9. The monoisotopic (exact) mass is 321 g/mol. The van der Waals surface area contributed by atoms with Crippen LogP contribution in [-0.2, 0) is 11.2 Å². The number of anilines is 1. The standard InChI is InChI=1S/C20H19NO3/c1-4-15-11-13-18-17(12-10-14(2)21(18)20(22)23-3)19(15)24-16-8-6-5-7-9-16/h1,5-9,11,13-14H,10,12H2,2-3H3/t14-/m0/s1. The van der Waals surface area contributed by atoms with Crippen molar-refractivity contribution in [3.05, 3.63) is 53.6 Å². The van der Waals surface area contributed by atoms with Gasteiger partial charge >= 0.3 is 6.09 Å². The Morgan fingerprint density at radius 3 is 2.67 bits per heavy atom. The molecule has 4 heteroatoms. The van der Waals surface area contributed by atoms with Gasteiger partial charge in [-0.05, 0) is 44.0 Å². The highest BCUT2D eigenvalue weighted by molar-refractivity contribution is 5.91. The largest absolute Gasteiger partial charge is 0.456 e. The van der Waals surface area contributed by atoms with Crippen molar-refractivity contribution in [1.29, 1.82) is 0 Å². The fourth-order valence-corrected chi connectivity index (χ4v) is 3.02. The van der Waals surface area contributed by atoms with E-state index in [-0.39, 0.29) is 12.1 Å². The highest BCUT2D eigenvalue weighted by Gasteiger charge is 2.31. The third-order valence-electron chi connectivity index (χ3n) is 4.24. The van der Waals surface area contributed by atoms with Gasteiger partial charge in [0.25, 0.3) is 0 Å². The van der Waals surface area contributed by atoms with Gasteiger partial charge in [-0.3, -0.25) is 4.90 Å². The second-order valence-corrected chi connectivity index (χ2v) is 5.73. The van der Waals surface area contributed by atoms with Crippen LogP contribution < -0.4 is 9.64 Å². The van der Waals surface area contributed by atoms with Gasteiger partial charge < -0.3 is 9.47 Å². The van der Waals surface area contributed by atoms with Gasteiger partial charge in [0.05, 0.1) is 18.4 Å². The van der Waals surface area contributed by atoms with Crippen LogP contribution in [0.5, 0.6) is 11.5 Å². The Bertz CT molecular complexity index is 793. The molecule has 1 atom stereocenters. The molecule has 1 heterocycles. The zero-order valence-electron chi connectivity index (χ0n) is 13.8. The lowest BCUT2D eigenvalue weighted by molar-refractivity contribution is 0.175. The quantitative estimate of drug-likeness (QED) is 0.771. The van der Waals surface area contributed by atoms with Gasteiger partial charge in [0.15, 0.2) is 0 Å². The number of hydrogen-bond donors (Lipinski definition) is 0. The molecule has 0 bridgehead atoms. The van der Waals surface area contributed by atoms with E-state index < -0.39 is 0 Å². The molecule has 1 amide bonds. The lowest BCUT2D eigenvalue weighted by atomic mass is 9.94. The smallest absolute Gasteiger partial charge is 0.414 e. The van der Waals surface area contributed by atoms with E-state index in [1.54, 1.807) is 4.90 Å². The van der Waals surface area contributed by atoms with Gasteiger partial charge in [-0.15, -0.1) is 6.42 Å². The lowest BCUT2D eigenvalue weighted by Gasteiger charge is -2.35. The summed E-state index contributed by atoms with van der Waals surface area (Å²) in [7, 11) is 1.39. The second kappa shape index (κ2) is 6.67. The number of hydrogen-bond acceptors (Lipinski definition) is 3. The molecule has 0 saturated carbocycles. The minimum absolute atomic E-state index is 0.0613. The van der Waals surface area contributed by atoms with E-state index in [0.717, 1.165) is 24.1 Å². The molecule has 3 rings (SSSR count). The van der Waals surface area contributed by atoms with Gasteiger partial charge in [-0.2, -0.15) is 0 Å². The van der Waals surface area contributed by atoms with E-state index in [9.17, 15) is 4.79 Å². The maximum Gasteiger partial charge on any atom is 0.414 e. The fraction of sp³-hybridized carbons (Fsp3) is 0.250. The number of para-hydroxylation sites is 1. The van der Waals surface area contributed by atoms with Gasteiger partial charge in [0, 0.05) is 11.6 Å². The van der Waals surface area contributed by atoms with Gasteiger partial charge in [0.2, 0.25) is 0 Å². The third kappa shape index (κ3) is 2.81. The van der Waals surface area contributed by atoms with E-state index >= 15 is 0 Å². The summed E-state index contributed by atoms with van der Waals surface area (Å²) in [6, 6.07) is 13.2. The van der Waals surface area contributed by atoms with Crippen LogP contribution >= 0.6 is 0 Å². The number of methoxy groups -OCH3 is 1. The van der Waals surface area contributed by atoms with Crippen molar-refractivity contribution in [3.8, 4) is 23.8 Å². The molecule has 0 radical (unpaired) electrons. The minimum Gasteiger partial charge on any atom is -0.456 e. The molecule has 0 aliphatic carbocycles. The van der Waals surface area contributed by atoms with E-state index in [1.165, 1.54) is 7.11 Å². The third-order valence-corrected chi connectivity index (χ3v) is 4.24. The Kier molecular flexibility index (Phi) is 4.43. The number of carbonyl (C=O) groups excluding carboxylic acids is 1. The second-order valence-electron chi connectivity index (χ2n) is 5.73. The molecule has 0 saturated heterocycles. The predicted octanol–water partition coefficient (Wildman–Crippen LogP) is 4.37. The Morgan fingerprint density at radius 1 is 1.25 bits per heavy atom. The molecule has 2 aromatic rings. The molecule has 122 valence electrons. The topological polar surface area (TPSA) is 38.8 Å². The predicted molar refractivity (Wildman–Crippen MR) is 93.6 cm³/mol. The van der Waals surface area contributed by atoms with Gasteiger partial charge in [0.1, 0.15) is 11.5 Å². The first-order chi connectivity index (χ1) is 11.7. The highest BCUT2D eigenvalue weighted by Crippen LogP contribution is 2.40. The number of fused-ring (bicyclic) bond motifs is 1. The van der Waals surface area contributed by atoms with Crippen LogP contribution in [0, 0.1) is 12.3 Å². The molecule has 0 aromatic heterocycles. The molecular weight excluding hydrogens is 302 g/mol. The summed E-state index contributed by atoms with van der Waals surface area (Å²) in [4.78, 5) is 13.9. The number of carbonyl (C=O) groups is 1. The molecule has 2 aromatic carbocycles. The van der Waals surface area contributed by atoms with Crippen LogP contribution in [0.15, 0.2) is 42.5 Å². The van der Waals surface area contributed by atoms with Crippen molar-refractivity contribution in [2.24, 2.45) is 0 Å². The van der Waals surface area contributed by atoms with Gasteiger partial charge in [-0.25, -0.2) is 4.79 Å². The molecule has 24 heavy (non-hydrogen) atoms. The normalized spacial score (nSPS) is 16.0. The van der Waals surface area contributed by atoms with Gasteiger partial charge in [-0.1, -0.05) is 24.1 Å². The van der Waals surface area contributed by atoms with E-state index in [0.29, 0.717) is 17.1 Å². The number of benzene rings is 2. The SMILES string of the molecule is C#Cc1ccc2c(c1Oc1ccccc1)CC[C@H](C)N2C(=O)OC. The molecule has 0 unspecified atom stereocenters. The van der Waals surface area contributed by atoms with E-state index in [4.69, 9.17) is 15.9 Å². The van der Waals surface area contributed by atoms with Crippen LogP contribution in [0.25, 0.3) is 0 Å². The molecule has 1 aliphatic heterocycles. The number of nitrogens with zero attached hydrogens (tertiary/aromatic N) is 1. The summed E-state index contributed by atoms with van der Waals surface area (Å²) in [5, 5.41) is 0. The molecule has 0 N–H and O–H groups in total. The lowest BCUT2D eigenvalue weighted by Crippen LogP contribution is -2.42. The molecule has 1 aliphatic rings. The maximum absolute atomic E-state index is 12.2. The number of amides is 1. The maximum atomic E-state index is 12.2. The summed E-state index contributed by atoms with van der Waals surface area (Å²) in [6.45, 7) is 2.01. The van der Waals surface area contributed by atoms with E-state index in [2.05, 4.69) is 5.92 Å². The Labute approximate surface area is 142 Å². The highest BCUT2D eigenvalue weighted by atomic mass is 16.5. The first-order valence-electron chi connectivity index (χ1n) is 7.88. The van der Waals surface area contributed by atoms with Crippen LogP contribution in [0.3, 0.4) is 0 Å². The van der Waals surface area contributed by atoms with Crippen LogP contribution in [-0.4, -0.2) is 19.2 Å². The van der Waals surface area contributed by atoms with Crippen molar-refractivity contribution >= 4 is 11.8 Å². The van der Waals surface area contributed by atoms with Crippen LogP contribution in [0.4, 0.5) is 10.5 Å². The number of ether oxygens (including phenoxy) is 2. The minimum atomic E-state index is -0.373. The average molecular weight is 321 g/mol. The molecule has 0 spiro atoms. The number of rotatable bonds is 2. The van der Waals surface area contributed by atoms with Crippen molar-refractivity contribution in [2.45, 2.75) is 25.8 Å². The van der Waals surface area contributed by atoms with Crippen molar-refractivity contribution in [3.63, 3.8) is 0 Å². The Morgan fingerprint density at radius 2 is 2.00 bits per heavy atom. The summed E-state index contributed by atoms with van der Waals surface area (Å²) < 4.78 is 11.0. The average Bonchev–Trinajstić information content (AvgIpc) is 2.62. The fourth-order valence-electron chi connectivity index (χ4n) is 3.02.